The zero-order valence-electron chi connectivity index (χ0n) is 7.85. The number of likely N-dealkylation sites (N-methyl/N-ethyl adjacent to an activating group) is 1. The van der Waals surface area contributed by atoms with Crippen LogP contribution < -0.4 is 0 Å². The number of imidazole rings is 1. The van der Waals surface area contributed by atoms with Crippen LogP contribution in [0.2, 0.25) is 0 Å². The molecule has 1 unspecified atom stereocenters. The van der Waals surface area contributed by atoms with Crippen molar-refractivity contribution in [2.24, 2.45) is 0 Å². The van der Waals surface area contributed by atoms with E-state index in [1.54, 1.807) is 6.20 Å². The number of aliphatic hydroxyl groups excluding tert-OH is 1. The van der Waals surface area contributed by atoms with Gasteiger partial charge in [0.05, 0.1) is 24.8 Å². The van der Waals surface area contributed by atoms with Gasteiger partial charge in [0.1, 0.15) is 0 Å². The predicted octanol–water partition coefficient (Wildman–Crippen LogP) is 0.252. The van der Waals surface area contributed by atoms with Crippen LogP contribution in [0.5, 0.6) is 0 Å². The first-order valence-corrected chi connectivity index (χ1v) is 4.61. The van der Waals surface area contributed by atoms with Crippen LogP contribution in [0, 0.1) is 0 Å². The fourth-order valence-electron chi connectivity index (χ4n) is 1.92. The van der Waals surface area contributed by atoms with Crippen LogP contribution >= 0.6 is 0 Å². The molecule has 2 rings (SSSR count). The molecule has 1 aliphatic rings. The summed E-state index contributed by atoms with van der Waals surface area (Å²) >= 11 is 0. The third kappa shape index (κ3) is 1.59. The van der Waals surface area contributed by atoms with E-state index in [1.807, 2.05) is 6.33 Å². The Labute approximate surface area is 77.8 Å². The fraction of sp³-hybridized carbons (Fsp3) is 0.667. The van der Waals surface area contributed by atoms with Crippen molar-refractivity contribution in [2.45, 2.75) is 19.1 Å². The lowest BCUT2D eigenvalue weighted by molar-refractivity contribution is 0.265. The third-order valence-corrected chi connectivity index (χ3v) is 2.67. The highest BCUT2D eigenvalue weighted by molar-refractivity contribution is 5.00. The topological polar surface area (TPSA) is 41.3 Å². The van der Waals surface area contributed by atoms with Gasteiger partial charge in [-0.05, 0) is 20.0 Å². The van der Waals surface area contributed by atoms with E-state index in [9.17, 15) is 0 Å². The minimum Gasteiger partial charge on any atom is -0.390 e. The van der Waals surface area contributed by atoms with Crippen molar-refractivity contribution in [1.82, 2.24) is 14.5 Å². The molecular formula is C9H15N3O. The molecule has 1 fully saturated rings. The summed E-state index contributed by atoms with van der Waals surface area (Å²) in [4.78, 5) is 6.34. The van der Waals surface area contributed by atoms with Gasteiger partial charge in [0.25, 0.3) is 0 Å². The Kier molecular flexibility index (Phi) is 2.33. The number of aliphatic hydroxyl groups is 1. The van der Waals surface area contributed by atoms with E-state index in [2.05, 4.69) is 21.5 Å². The number of hydrogen-bond donors (Lipinski definition) is 1. The van der Waals surface area contributed by atoms with E-state index in [4.69, 9.17) is 5.11 Å². The molecule has 72 valence electrons. The predicted molar refractivity (Wildman–Crippen MR) is 49.3 cm³/mol. The smallest absolute Gasteiger partial charge is 0.0951 e. The van der Waals surface area contributed by atoms with E-state index in [-0.39, 0.29) is 6.61 Å². The van der Waals surface area contributed by atoms with Gasteiger partial charge >= 0.3 is 0 Å². The van der Waals surface area contributed by atoms with Crippen LogP contribution in [0.15, 0.2) is 12.5 Å². The van der Waals surface area contributed by atoms with Crippen LogP contribution in [-0.4, -0.2) is 39.7 Å². The Bertz CT molecular complexity index is 284. The summed E-state index contributed by atoms with van der Waals surface area (Å²) in [5, 5.41) is 9.06. The Morgan fingerprint density at radius 2 is 2.54 bits per heavy atom. The zero-order chi connectivity index (χ0) is 9.26. The molecule has 1 aliphatic heterocycles. The first-order valence-electron chi connectivity index (χ1n) is 4.61. The zero-order valence-corrected chi connectivity index (χ0v) is 7.85. The molecule has 1 atom stereocenters. The maximum atomic E-state index is 9.06. The summed E-state index contributed by atoms with van der Waals surface area (Å²) in [6, 6.07) is 0.495. The van der Waals surface area contributed by atoms with Crippen molar-refractivity contribution in [1.29, 1.82) is 0 Å². The van der Waals surface area contributed by atoms with E-state index >= 15 is 0 Å². The molecule has 4 nitrogen and oxygen atoms in total. The standard InChI is InChI=1S/C9H15N3O/c1-11-3-2-8(5-11)12-7-10-4-9(12)6-13/h4,7-8,13H,2-3,5-6H2,1H3. The summed E-state index contributed by atoms with van der Waals surface area (Å²) in [6.45, 7) is 2.28. The molecular weight excluding hydrogens is 166 g/mol. The van der Waals surface area contributed by atoms with Crippen LogP contribution in [0.4, 0.5) is 0 Å². The molecule has 1 aromatic heterocycles. The van der Waals surface area contributed by atoms with Crippen molar-refractivity contribution in [3.63, 3.8) is 0 Å². The Morgan fingerprint density at radius 1 is 1.69 bits per heavy atom. The summed E-state index contributed by atoms with van der Waals surface area (Å²) in [5.74, 6) is 0. The van der Waals surface area contributed by atoms with E-state index < -0.39 is 0 Å². The van der Waals surface area contributed by atoms with Crippen molar-refractivity contribution in [2.75, 3.05) is 20.1 Å². The van der Waals surface area contributed by atoms with Gasteiger partial charge in [-0.25, -0.2) is 4.98 Å². The molecule has 0 spiro atoms. The van der Waals surface area contributed by atoms with Gasteiger partial charge in [-0.15, -0.1) is 0 Å². The molecule has 0 amide bonds. The first-order chi connectivity index (χ1) is 6.31. The second kappa shape index (κ2) is 3.47. The van der Waals surface area contributed by atoms with Gasteiger partial charge < -0.3 is 14.6 Å². The molecule has 0 aromatic carbocycles. The van der Waals surface area contributed by atoms with E-state index in [0.717, 1.165) is 25.2 Å². The summed E-state index contributed by atoms with van der Waals surface area (Å²) in [7, 11) is 2.12. The lowest BCUT2D eigenvalue weighted by Gasteiger charge is -2.14. The molecule has 1 N–H and O–H groups in total. The van der Waals surface area contributed by atoms with Crippen LogP contribution in [0.1, 0.15) is 18.2 Å². The number of rotatable bonds is 2. The monoisotopic (exact) mass is 181 g/mol. The molecule has 0 bridgehead atoms. The highest BCUT2D eigenvalue weighted by Crippen LogP contribution is 2.21. The van der Waals surface area contributed by atoms with Gasteiger partial charge in [0.2, 0.25) is 0 Å². The molecule has 13 heavy (non-hydrogen) atoms. The molecule has 0 radical (unpaired) electrons. The largest absolute Gasteiger partial charge is 0.390 e. The third-order valence-electron chi connectivity index (χ3n) is 2.67. The number of hydrogen-bond acceptors (Lipinski definition) is 3. The van der Waals surface area contributed by atoms with Crippen molar-refractivity contribution in [3.05, 3.63) is 18.2 Å². The Balaban J connectivity index is 2.16. The second-order valence-corrected chi connectivity index (χ2v) is 3.66. The van der Waals surface area contributed by atoms with Gasteiger partial charge in [-0.3, -0.25) is 0 Å². The van der Waals surface area contributed by atoms with Gasteiger partial charge in [0, 0.05) is 12.6 Å². The molecule has 0 saturated carbocycles. The number of nitrogens with zero attached hydrogens (tertiary/aromatic N) is 3. The summed E-state index contributed by atoms with van der Waals surface area (Å²) < 4.78 is 2.09. The van der Waals surface area contributed by atoms with Gasteiger partial charge in [0.15, 0.2) is 0 Å². The van der Waals surface area contributed by atoms with Gasteiger partial charge in [-0.1, -0.05) is 0 Å². The molecule has 4 heteroatoms. The highest BCUT2D eigenvalue weighted by Gasteiger charge is 2.21. The molecule has 1 saturated heterocycles. The minimum atomic E-state index is 0.0835. The van der Waals surface area contributed by atoms with Crippen LogP contribution in [0.3, 0.4) is 0 Å². The minimum absolute atomic E-state index is 0.0835. The lowest BCUT2D eigenvalue weighted by Crippen LogP contribution is -2.17. The normalized spacial score (nSPS) is 24.0. The summed E-state index contributed by atoms with van der Waals surface area (Å²) in [6.07, 6.45) is 4.70. The maximum Gasteiger partial charge on any atom is 0.0951 e. The SMILES string of the molecule is CN1CCC(n2cncc2CO)C1. The molecule has 1 aromatic rings. The van der Waals surface area contributed by atoms with Crippen molar-refractivity contribution < 1.29 is 5.11 Å². The maximum absolute atomic E-state index is 9.06. The number of aromatic nitrogens is 2. The number of likely N-dealkylation sites (tertiary alicyclic amines) is 1. The van der Waals surface area contributed by atoms with Gasteiger partial charge in [-0.2, -0.15) is 0 Å². The molecule has 2 heterocycles. The van der Waals surface area contributed by atoms with E-state index in [0.29, 0.717) is 6.04 Å². The van der Waals surface area contributed by atoms with Crippen molar-refractivity contribution >= 4 is 0 Å². The second-order valence-electron chi connectivity index (χ2n) is 3.66. The fourth-order valence-corrected chi connectivity index (χ4v) is 1.92. The average Bonchev–Trinajstić information content (AvgIpc) is 2.71. The van der Waals surface area contributed by atoms with Crippen molar-refractivity contribution in [3.8, 4) is 0 Å². The van der Waals surface area contributed by atoms with E-state index in [1.165, 1.54) is 0 Å². The van der Waals surface area contributed by atoms with Crippen LogP contribution in [-0.2, 0) is 6.61 Å². The Morgan fingerprint density at radius 3 is 3.15 bits per heavy atom. The lowest BCUT2D eigenvalue weighted by atomic mass is 10.2. The Hall–Kier alpha value is -0.870. The highest BCUT2D eigenvalue weighted by atomic mass is 16.3. The van der Waals surface area contributed by atoms with Crippen LogP contribution in [0.25, 0.3) is 0 Å². The first kappa shape index (κ1) is 8.72. The average molecular weight is 181 g/mol. The molecule has 0 aliphatic carbocycles. The summed E-state index contributed by atoms with van der Waals surface area (Å²) in [5.41, 5.74) is 0.917. The quantitative estimate of drug-likeness (QED) is 0.711.